The summed E-state index contributed by atoms with van der Waals surface area (Å²) in [5.41, 5.74) is 2.09. The first kappa shape index (κ1) is 20.8. The highest BCUT2D eigenvalue weighted by atomic mass is 32.2. The van der Waals surface area contributed by atoms with Crippen LogP contribution in [0.1, 0.15) is 0 Å². The van der Waals surface area contributed by atoms with E-state index in [9.17, 15) is 13.5 Å². The molecular formula is C21H26N4O4S. The quantitative estimate of drug-likeness (QED) is 0.590. The van der Waals surface area contributed by atoms with Gasteiger partial charge in [-0.3, -0.25) is 10.00 Å². The molecule has 2 N–H and O–H groups in total. The minimum Gasteiger partial charge on any atom is -0.491 e. The van der Waals surface area contributed by atoms with Gasteiger partial charge >= 0.3 is 0 Å². The Morgan fingerprint density at radius 1 is 1.10 bits per heavy atom. The lowest BCUT2D eigenvalue weighted by Gasteiger charge is -2.34. The minimum atomic E-state index is -3.15. The number of aromatic nitrogens is 2. The van der Waals surface area contributed by atoms with E-state index in [0.717, 1.165) is 21.9 Å². The third kappa shape index (κ3) is 4.99. The van der Waals surface area contributed by atoms with Crippen molar-refractivity contribution < 1.29 is 18.3 Å². The number of nitrogens with one attached hydrogen (secondary N) is 1. The lowest BCUT2D eigenvalue weighted by atomic mass is 10.0. The van der Waals surface area contributed by atoms with Gasteiger partial charge in [0.05, 0.1) is 12.5 Å². The molecule has 0 amide bonds. The van der Waals surface area contributed by atoms with Crippen LogP contribution in [0, 0.1) is 0 Å². The second-order valence-corrected chi connectivity index (χ2v) is 9.62. The summed E-state index contributed by atoms with van der Waals surface area (Å²) in [7, 11) is -3.15. The first-order valence-electron chi connectivity index (χ1n) is 9.90. The Kier molecular flexibility index (Phi) is 6.05. The van der Waals surface area contributed by atoms with E-state index in [1.54, 1.807) is 6.20 Å². The summed E-state index contributed by atoms with van der Waals surface area (Å²) in [6.07, 6.45) is 4.22. The van der Waals surface area contributed by atoms with Crippen molar-refractivity contribution >= 4 is 20.8 Å². The molecule has 3 aromatic rings. The van der Waals surface area contributed by atoms with Gasteiger partial charge in [-0.05, 0) is 34.5 Å². The van der Waals surface area contributed by atoms with E-state index < -0.39 is 16.1 Å². The molecule has 0 saturated carbocycles. The van der Waals surface area contributed by atoms with E-state index in [0.29, 0.717) is 38.5 Å². The second-order valence-electron chi connectivity index (χ2n) is 7.64. The summed E-state index contributed by atoms with van der Waals surface area (Å²) in [4.78, 5) is 2.06. The van der Waals surface area contributed by atoms with Gasteiger partial charge in [0, 0.05) is 44.5 Å². The number of hydrogen-bond acceptors (Lipinski definition) is 6. The summed E-state index contributed by atoms with van der Waals surface area (Å²) < 4.78 is 30.5. The van der Waals surface area contributed by atoms with Gasteiger partial charge in [0.15, 0.2) is 0 Å². The van der Waals surface area contributed by atoms with Crippen molar-refractivity contribution in [2.75, 3.05) is 45.6 Å². The Morgan fingerprint density at radius 2 is 1.87 bits per heavy atom. The first-order valence-corrected chi connectivity index (χ1v) is 11.7. The zero-order chi connectivity index (χ0) is 21.1. The van der Waals surface area contributed by atoms with Gasteiger partial charge in [0.25, 0.3) is 0 Å². The molecule has 1 aliphatic rings. The van der Waals surface area contributed by atoms with Crippen molar-refractivity contribution in [1.29, 1.82) is 0 Å². The predicted molar refractivity (Wildman–Crippen MR) is 116 cm³/mol. The molecule has 0 radical (unpaired) electrons. The van der Waals surface area contributed by atoms with Crippen LogP contribution in [-0.2, 0) is 10.0 Å². The number of aromatic amines is 1. The molecule has 1 aliphatic heterocycles. The topological polar surface area (TPSA) is 98.8 Å². The Balaban J connectivity index is 1.33. The lowest BCUT2D eigenvalue weighted by Crippen LogP contribution is -2.50. The van der Waals surface area contributed by atoms with Gasteiger partial charge in [-0.25, -0.2) is 8.42 Å². The van der Waals surface area contributed by atoms with Crippen LogP contribution in [0.3, 0.4) is 0 Å². The number of aliphatic hydroxyl groups excluding tert-OH is 1. The molecule has 0 aliphatic carbocycles. The Bertz CT molecular complexity index is 1090. The van der Waals surface area contributed by atoms with Gasteiger partial charge in [-0.2, -0.15) is 9.40 Å². The van der Waals surface area contributed by atoms with Crippen LogP contribution >= 0.6 is 0 Å². The number of benzene rings is 2. The number of H-pyrrole nitrogens is 1. The summed E-state index contributed by atoms with van der Waals surface area (Å²) in [5, 5.41) is 19.3. The third-order valence-corrected chi connectivity index (χ3v) is 6.66. The number of ether oxygens (including phenoxy) is 1. The summed E-state index contributed by atoms with van der Waals surface area (Å²) in [6, 6.07) is 12.1. The van der Waals surface area contributed by atoms with Gasteiger partial charge in [-0.1, -0.05) is 18.2 Å². The average molecular weight is 431 g/mol. The highest BCUT2D eigenvalue weighted by Crippen LogP contribution is 2.26. The van der Waals surface area contributed by atoms with E-state index in [-0.39, 0.29) is 6.61 Å². The number of β-amino-alcohol motifs (C(OH)–C–C–N with tert-alkyl or cyclic N) is 1. The molecule has 160 valence electrons. The molecule has 2 heterocycles. The Morgan fingerprint density at radius 3 is 2.57 bits per heavy atom. The molecule has 1 fully saturated rings. The number of sulfonamides is 1. The maximum Gasteiger partial charge on any atom is 0.211 e. The van der Waals surface area contributed by atoms with Gasteiger partial charge in [0.1, 0.15) is 18.5 Å². The SMILES string of the molecule is CS(=O)(=O)N1CCN(CC(O)COc2ccc3ccc(-c4cn[nH]c4)cc3c2)CC1. The molecule has 1 saturated heterocycles. The van der Waals surface area contributed by atoms with E-state index in [4.69, 9.17) is 4.74 Å². The number of nitrogens with zero attached hydrogens (tertiary/aromatic N) is 3. The molecule has 1 unspecified atom stereocenters. The van der Waals surface area contributed by atoms with Crippen molar-refractivity contribution in [1.82, 2.24) is 19.4 Å². The van der Waals surface area contributed by atoms with Crippen molar-refractivity contribution in [2.24, 2.45) is 0 Å². The number of rotatable bonds is 7. The molecule has 1 atom stereocenters. The van der Waals surface area contributed by atoms with Gasteiger partial charge in [-0.15, -0.1) is 0 Å². The van der Waals surface area contributed by atoms with Crippen molar-refractivity contribution in [3.8, 4) is 16.9 Å². The van der Waals surface area contributed by atoms with Gasteiger partial charge < -0.3 is 9.84 Å². The van der Waals surface area contributed by atoms with Crippen LogP contribution in [0.5, 0.6) is 5.75 Å². The van der Waals surface area contributed by atoms with E-state index in [1.165, 1.54) is 10.6 Å². The molecular weight excluding hydrogens is 404 g/mol. The highest BCUT2D eigenvalue weighted by Gasteiger charge is 2.24. The number of aliphatic hydroxyl groups is 1. The fourth-order valence-electron chi connectivity index (χ4n) is 3.69. The van der Waals surface area contributed by atoms with E-state index in [1.807, 2.05) is 24.4 Å². The fraction of sp³-hybridized carbons (Fsp3) is 0.381. The second kappa shape index (κ2) is 8.73. The van der Waals surface area contributed by atoms with E-state index >= 15 is 0 Å². The number of piperazine rings is 1. The van der Waals surface area contributed by atoms with E-state index in [2.05, 4.69) is 33.3 Å². The summed E-state index contributed by atoms with van der Waals surface area (Å²) in [6.45, 7) is 2.76. The molecule has 30 heavy (non-hydrogen) atoms. The summed E-state index contributed by atoms with van der Waals surface area (Å²) >= 11 is 0. The zero-order valence-corrected chi connectivity index (χ0v) is 17.7. The molecule has 2 aromatic carbocycles. The van der Waals surface area contributed by atoms with Gasteiger partial charge in [0.2, 0.25) is 10.0 Å². The lowest BCUT2D eigenvalue weighted by molar-refractivity contribution is 0.0570. The van der Waals surface area contributed by atoms with Crippen LogP contribution in [0.25, 0.3) is 21.9 Å². The Hall–Kier alpha value is -2.46. The van der Waals surface area contributed by atoms with Crippen molar-refractivity contribution in [3.05, 3.63) is 48.8 Å². The molecule has 4 rings (SSSR count). The third-order valence-electron chi connectivity index (χ3n) is 5.35. The maximum absolute atomic E-state index is 11.6. The highest BCUT2D eigenvalue weighted by molar-refractivity contribution is 7.88. The maximum atomic E-state index is 11.6. The molecule has 1 aromatic heterocycles. The largest absolute Gasteiger partial charge is 0.491 e. The molecule has 0 spiro atoms. The minimum absolute atomic E-state index is 0.180. The molecule has 9 heteroatoms. The normalized spacial score (nSPS) is 17.3. The number of hydrogen-bond donors (Lipinski definition) is 2. The molecule has 8 nitrogen and oxygen atoms in total. The smallest absolute Gasteiger partial charge is 0.211 e. The average Bonchev–Trinajstić information content (AvgIpc) is 3.26. The van der Waals surface area contributed by atoms with Crippen LogP contribution in [0.2, 0.25) is 0 Å². The standard InChI is InChI=1S/C21H26N4O4S/c1-30(27,28)25-8-6-24(7-9-25)14-20(26)15-29-21-5-4-16-2-3-17(10-18(16)11-21)19-12-22-23-13-19/h2-5,10-13,20,26H,6-9,14-15H2,1H3,(H,22,23). The van der Waals surface area contributed by atoms with Crippen LogP contribution in [0.4, 0.5) is 0 Å². The predicted octanol–water partition coefficient (Wildman–Crippen LogP) is 1.55. The monoisotopic (exact) mass is 430 g/mol. The van der Waals surface area contributed by atoms with Crippen LogP contribution < -0.4 is 4.74 Å². The Labute approximate surface area is 176 Å². The number of fused-ring (bicyclic) bond motifs is 1. The summed E-state index contributed by atoms with van der Waals surface area (Å²) in [5.74, 6) is 0.702. The van der Waals surface area contributed by atoms with Crippen LogP contribution in [0.15, 0.2) is 48.8 Å². The molecule has 0 bridgehead atoms. The van der Waals surface area contributed by atoms with Crippen molar-refractivity contribution in [2.45, 2.75) is 6.10 Å². The van der Waals surface area contributed by atoms with Crippen LogP contribution in [-0.4, -0.2) is 84.6 Å². The fourth-order valence-corrected chi connectivity index (χ4v) is 4.52. The zero-order valence-electron chi connectivity index (χ0n) is 16.9. The first-order chi connectivity index (χ1) is 14.4. The van der Waals surface area contributed by atoms with Crippen molar-refractivity contribution in [3.63, 3.8) is 0 Å².